The zero-order valence-electron chi connectivity index (χ0n) is 28.1. The molecule has 0 amide bonds. The molecule has 2 nitrogen and oxygen atoms in total. The Morgan fingerprint density at radius 3 is 0.846 bits per heavy atom. The van der Waals surface area contributed by atoms with Gasteiger partial charge in [-0.1, -0.05) is 168 Å². The van der Waals surface area contributed by atoms with Crippen LogP contribution < -0.4 is 0 Å². The molecule has 0 bridgehead atoms. The summed E-state index contributed by atoms with van der Waals surface area (Å²) in [4.78, 5) is 0. The van der Waals surface area contributed by atoms with Crippen molar-refractivity contribution in [2.24, 2.45) is 0 Å². The fraction of sp³-hybridized carbons (Fsp3) is 1.00. The molecule has 0 aromatic rings. The van der Waals surface area contributed by atoms with Gasteiger partial charge >= 0.3 is 0 Å². The second kappa shape index (κ2) is 30.9. The first-order valence-electron chi connectivity index (χ1n) is 18.6. The topological polar surface area (TPSA) is 20.2 Å². The number of hydrogen-bond acceptors (Lipinski definition) is 1. The van der Waals surface area contributed by atoms with E-state index in [1.54, 1.807) is 0 Å². The van der Waals surface area contributed by atoms with E-state index < -0.39 is 0 Å². The maximum Gasteiger partial charge on any atom is 0.0809 e. The maximum atomic E-state index is 9.89. The van der Waals surface area contributed by atoms with Gasteiger partial charge in [0.25, 0.3) is 0 Å². The van der Waals surface area contributed by atoms with Gasteiger partial charge < -0.3 is 9.59 Å². The van der Waals surface area contributed by atoms with Gasteiger partial charge in [0.15, 0.2) is 0 Å². The van der Waals surface area contributed by atoms with E-state index in [0.717, 1.165) is 13.0 Å². The monoisotopic (exact) mass is 553 g/mol. The average molecular weight is 553 g/mol. The van der Waals surface area contributed by atoms with Crippen LogP contribution in [0.25, 0.3) is 0 Å². The minimum atomic E-state index is -0.157. The summed E-state index contributed by atoms with van der Waals surface area (Å²) in [5.74, 6) is 0. The number of unbranched alkanes of at least 4 members (excludes halogenated alkanes) is 26. The van der Waals surface area contributed by atoms with Crippen molar-refractivity contribution in [1.82, 2.24) is 0 Å². The number of quaternary nitrogens is 1. The van der Waals surface area contributed by atoms with Crippen molar-refractivity contribution in [3.8, 4) is 0 Å². The number of aliphatic hydroxyl groups is 1. The molecule has 0 heterocycles. The molecule has 1 atom stereocenters. The highest BCUT2D eigenvalue weighted by atomic mass is 16.3. The standard InChI is InChI=1S/C37H78NO/c1-5-7-9-11-13-15-17-19-21-23-25-27-29-31-34-38(4,36-33-37(3)39)35-32-30-28-26-24-22-20-18-16-14-12-10-8-6-2/h37,39H,5-36H2,1-4H3/q+1. The van der Waals surface area contributed by atoms with Crippen LogP contribution in [-0.2, 0) is 0 Å². The number of aliphatic hydroxyl groups excluding tert-OH is 1. The molecule has 0 radical (unpaired) electrons. The van der Waals surface area contributed by atoms with Gasteiger partial charge in [0.2, 0.25) is 0 Å². The molecule has 1 unspecified atom stereocenters. The highest BCUT2D eigenvalue weighted by Gasteiger charge is 2.21. The van der Waals surface area contributed by atoms with Crippen LogP contribution in [0.15, 0.2) is 0 Å². The van der Waals surface area contributed by atoms with E-state index in [1.165, 1.54) is 197 Å². The SMILES string of the molecule is CCCCCCCCCCCCCCCC[N+](C)(CCCCCCCCCCCCCCCC)CCC(C)O. The third-order valence-corrected chi connectivity index (χ3v) is 9.19. The molecule has 0 fully saturated rings. The van der Waals surface area contributed by atoms with Crippen molar-refractivity contribution in [3.05, 3.63) is 0 Å². The van der Waals surface area contributed by atoms with Crippen molar-refractivity contribution in [2.45, 2.75) is 213 Å². The Balaban J connectivity index is 3.73. The van der Waals surface area contributed by atoms with Gasteiger partial charge in [-0.15, -0.1) is 0 Å². The molecule has 1 N–H and O–H groups in total. The lowest BCUT2D eigenvalue weighted by molar-refractivity contribution is -0.910. The Labute approximate surface area is 249 Å². The molecule has 236 valence electrons. The summed E-state index contributed by atoms with van der Waals surface area (Å²) in [6.45, 7) is 10.3. The van der Waals surface area contributed by atoms with Gasteiger partial charge in [-0.25, -0.2) is 0 Å². The predicted octanol–water partition coefficient (Wildman–Crippen LogP) is 12.2. The average Bonchev–Trinajstić information content (AvgIpc) is 2.92. The van der Waals surface area contributed by atoms with E-state index in [9.17, 15) is 5.11 Å². The van der Waals surface area contributed by atoms with E-state index in [4.69, 9.17) is 0 Å². The molecule has 2 heteroatoms. The third-order valence-electron chi connectivity index (χ3n) is 9.19. The predicted molar refractivity (Wildman–Crippen MR) is 178 cm³/mol. The smallest absolute Gasteiger partial charge is 0.0809 e. The lowest BCUT2D eigenvalue weighted by Crippen LogP contribution is -2.47. The van der Waals surface area contributed by atoms with E-state index in [2.05, 4.69) is 20.9 Å². The molecule has 0 saturated heterocycles. The molecule has 0 aliphatic heterocycles. The quantitative estimate of drug-likeness (QED) is 0.0634. The van der Waals surface area contributed by atoms with Crippen LogP contribution in [0.2, 0.25) is 0 Å². The number of hydrogen-bond donors (Lipinski definition) is 1. The second-order valence-corrected chi connectivity index (χ2v) is 13.6. The van der Waals surface area contributed by atoms with Crippen molar-refractivity contribution < 1.29 is 9.59 Å². The van der Waals surface area contributed by atoms with Crippen LogP contribution in [0.5, 0.6) is 0 Å². The minimum Gasteiger partial charge on any atom is -0.393 e. The maximum absolute atomic E-state index is 9.89. The van der Waals surface area contributed by atoms with Crippen LogP contribution in [0.3, 0.4) is 0 Å². The molecule has 39 heavy (non-hydrogen) atoms. The van der Waals surface area contributed by atoms with Crippen LogP contribution in [-0.4, -0.2) is 42.4 Å². The first kappa shape index (κ1) is 38.9. The molecular formula is C37H78NO+. The van der Waals surface area contributed by atoms with Crippen LogP contribution >= 0.6 is 0 Å². The van der Waals surface area contributed by atoms with Gasteiger partial charge in [-0.05, 0) is 32.6 Å². The first-order chi connectivity index (χ1) is 19.0. The number of nitrogens with zero attached hydrogens (tertiary/aromatic N) is 1. The zero-order chi connectivity index (χ0) is 28.7. The minimum absolute atomic E-state index is 0.157. The Kier molecular flexibility index (Phi) is 30.8. The summed E-state index contributed by atoms with van der Waals surface area (Å²) in [5, 5.41) is 9.89. The molecule has 0 aliphatic rings. The molecule has 0 saturated carbocycles. The Morgan fingerprint density at radius 1 is 0.385 bits per heavy atom. The summed E-state index contributed by atoms with van der Waals surface area (Å²) in [7, 11) is 2.47. The molecular weight excluding hydrogens is 474 g/mol. The van der Waals surface area contributed by atoms with Crippen LogP contribution in [0.4, 0.5) is 0 Å². The zero-order valence-corrected chi connectivity index (χ0v) is 28.1. The van der Waals surface area contributed by atoms with Crippen LogP contribution in [0.1, 0.15) is 207 Å². The Morgan fingerprint density at radius 2 is 0.615 bits per heavy atom. The van der Waals surface area contributed by atoms with Crippen molar-refractivity contribution >= 4 is 0 Å². The summed E-state index contributed by atoms with van der Waals surface area (Å²) in [5.41, 5.74) is 0. The molecule has 0 spiro atoms. The van der Waals surface area contributed by atoms with Crippen molar-refractivity contribution in [1.29, 1.82) is 0 Å². The number of rotatable bonds is 33. The first-order valence-corrected chi connectivity index (χ1v) is 18.6. The van der Waals surface area contributed by atoms with Crippen molar-refractivity contribution in [3.63, 3.8) is 0 Å². The molecule has 0 rings (SSSR count). The van der Waals surface area contributed by atoms with Crippen LogP contribution in [0, 0.1) is 0 Å². The Hall–Kier alpha value is -0.0800. The third kappa shape index (κ3) is 30.7. The second-order valence-electron chi connectivity index (χ2n) is 13.6. The normalized spacial score (nSPS) is 12.8. The van der Waals surface area contributed by atoms with Gasteiger partial charge in [-0.3, -0.25) is 0 Å². The van der Waals surface area contributed by atoms with Gasteiger partial charge in [0.05, 0.1) is 32.8 Å². The molecule has 0 aliphatic carbocycles. The van der Waals surface area contributed by atoms with E-state index >= 15 is 0 Å². The molecule has 0 aromatic heterocycles. The van der Waals surface area contributed by atoms with E-state index in [-0.39, 0.29) is 6.10 Å². The lowest BCUT2D eigenvalue weighted by atomic mass is 10.0. The fourth-order valence-electron chi connectivity index (χ4n) is 6.21. The summed E-state index contributed by atoms with van der Waals surface area (Å²) >= 11 is 0. The van der Waals surface area contributed by atoms with E-state index in [0.29, 0.717) is 0 Å². The van der Waals surface area contributed by atoms with Gasteiger partial charge in [-0.2, -0.15) is 0 Å². The highest BCUT2D eigenvalue weighted by molar-refractivity contribution is 4.54. The largest absolute Gasteiger partial charge is 0.393 e. The summed E-state index contributed by atoms with van der Waals surface area (Å²) < 4.78 is 1.18. The molecule has 0 aromatic carbocycles. The summed E-state index contributed by atoms with van der Waals surface area (Å²) in [6, 6.07) is 0. The van der Waals surface area contributed by atoms with Crippen molar-refractivity contribution in [2.75, 3.05) is 26.7 Å². The van der Waals surface area contributed by atoms with Gasteiger partial charge in [0, 0.05) is 6.42 Å². The Bertz CT molecular complexity index is 417. The lowest BCUT2D eigenvalue weighted by Gasteiger charge is -2.35. The van der Waals surface area contributed by atoms with Gasteiger partial charge in [0.1, 0.15) is 0 Å². The fourth-order valence-corrected chi connectivity index (χ4v) is 6.21. The van der Waals surface area contributed by atoms with E-state index in [1.807, 2.05) is 6.92 Å². The summed E-state index contributed by atoms with van der Waals surface area (Å²) in [6.07, 6.45) is 41.0. The highest BCUT2D eigenvalue weighted by Crippen LogP contribution is 2.17.